The van der Waals surface area contributed by atoms with E-state index in [4.69, 9.17) is 10.5 Å². The van der Waals surface area contributed by atoms with E-state index >= 15 is 0 Å². The van der Waals surface area contributed by atoms with Crippen molar-refractivity contribution in [3.05, 3.63) is 0 Å². The summed E-state index contributed by atoms with van der Waals surface area (Å²) in [4.78, 5) is 20.4. The van der Waals surface area contributed by atoms with Crippen molar-refractivity contribution in [2.75, 3.05) is 39.8 Å². The SMILES string of the molecule is CCN1CCCC1CNC(N)=NCC(C)CN(C)C(=O)OC(C)(C)C. The van der Waals surface area contributed by atoms with Crippen molar-refractivity contribution in [1.82, 2.24) is 15.1 Å². The molecule has 1 aliphatic rings. The number of likely N-dealkylation sites (N-methyl/N-ethyl adjacent to an activating group) is 1. The number of guanidine groups is 1. The zero-order valence-electron chi connectivity index (χ0n) is 16.8. The second-order valence-corrected chi connectivity index (χ2v) is 8.00. The van der Waals surface area contributed by atoms with E-state index in [-0.39, 0.29) is 12.0 Å². The minimum absolute atomic E-state index is 0.205. The number of ether oxygens (including phenoxy) is 1. The lowest BCUT2D eigenvalue weighted by molar-refractivity contribution is 0.0279. The van der Waals surface area contributed by atoms with Crippen molar-refractivity contribution in [2.24, 2.45) is 16.6 Å². The highest BCUT2D eigenvalue weighted by molar-refractivity contribution is 5.77. The zero-order valence-corrected chi connectivity index (χ0v) is 16.8. The fraction of sp³-hybridized carbons (Fsp3) is 0.889. The van der Waals surface area contributed by atoms with Gasteiger partial charge in [0, 0.05) is 32.7 Å². The molecule has 1 heterocycles. The molecule has 0 aromatic heterocycles. The van der Waals surface area contributed by atoms with Gasteiger partial charge in [0.25, 0.3) is 0 Å². The number of nitrogens with two attached hydrogens (primary N) is 1. The molecule has 0 aromatic rings. The van der Waals surface area contributed by atoms with Crippen LogP contribution in [0.15, 0.2) is 4.99 Å². The molecule has 146 valence electrons. The zero-order chi connectivity index (χ0) is 19.0. The van der Waals surface area contributed by atoms with Crippen LogP contribution in [-0.2, 0) is 4.74 Å². The second kappa shape index (κ2) is 9.85. The molecule has 2 atom stereocenters. The van der Waals surface area contributed by atoms with Crippen molar-refractivity contribution in [3.8, 4) is 0 Å². The van der Waals surface area contributed by atoms with Crippen LogP contribution in [0.4, 0.5) is 4.79 Å². The molecule has 7 nitrogen and oxygen atoms in total. The average molecular weight is 356 g/mol. The van der Waals surface area contributed by atoms with Crippen molar-refractivity contribution in [1.29, 1.82) is 0 Å². The number of hydrogen-bond donors (Lipinski definition) is 2. The quantitative estimate of drug-likeness (QED) is 0.538. The van der Waals surface area contributed by atoms with Crippen LogP contribution in [0.5, 0.6) is 0 Å². The molecule has 0 saturated carbocycles. The summed E-state index contributed by atoms with van der Waals surface area (Å²) in [5.74, 6) is 0.686. The van der Waals surface area contributed by atoms with Gasteiger partial charge in [-0.2, -0.15) is 0 Å². The maximum atomic E-state index is 12.0. The maximum absolute atomic E-state index is 12.0. The first kappa shape index (κ1) is 21.5. The van der Waals surface area contributed by atoms with Gasteiger partial charge in [-0.25, -0.2) is 4.79 Å². The highest BCUT2D eigenvalue weighted by Crippen LogP contribution is 2.15. The van der Waals surface area contributed by atoms with Crippen LogP contribution in [0.1, 0.15) is 47.5 Å². The lowest BCUT2D eigenvalue weighted by Crippen LogP contribution is -2.43. The number of nitrogens with one attached hydrogen (secondary N) is 1. The Hall–Kier alpha value is -1.50. The summed E-state index contributed by atoms with van der Waals surface area (Å²) < 4.78 is 5.35. The number of carbonyl (C=O) groups is 1. The summed E-state index contributed by atoms with van der Waals surface area (Å²) in [5, 5.41) is 3.23. The topological polar surface area (TPSA) is 83.2 Å². The number of amides is 1. The Morgan fingerprint density at radius 2 is 2.16 bits per heavy atom. The molecule has 0 aromatic carbocycles. The molecule has 2 unspecified atom stereocenters. The van der Waals surface area contributed by atoms with Gasteiger partial charge in [-0.1, -0.05) is 13.8 Å². The summed E-state index contributed by atoms with van der Waals surface area (Å²) in [5.41, 5.74) is 5.50. The number of carbonyl (C=O) groups excluding carboxylic acids is 1. The lowest BCUT2D eigenvalue weighted by atomic mass is 10.2. The largest absolute Gasteiger partial charge is 0.444 e. The molecule has 0 radical (unpaired) electrons. The van der Waals surface area contributed by atoms with Gasteiger partial charge in [0.1, 0.15) is 5.60 Å². The molecule has 1 rings (SSSR count). The third kappa shape index (κ3) is 8.43. The molecule has 1 fully saturated rings. The van der Waals surface area contributed by atoms with Crippen molar-refractivity contribution in [2.45, 2.75) is 59.1 Å². The highest BCUT2D eigenvalue weighted by atomic mass is 16.6. The number of hydrogen-bond acceptors (Lipinski definition) is 4. The van der Waals surface area contributed by atoms with Crippen LogP contribution < -0.4 is 11.1 Å². The van der Waals surface area contributed by atoms with Crippen molar-refractivity contribution < 1.29 is 9.53 Å². The Kier molecular flexibility index (Phi) is 8.48. The monoisotopic (exact) mass is 355 g/mol. The van der Waals surface area contributed by atoms with Crippen LogP contribution in [0.2, 0.25) is 0 Å². The Balaban J connectivity index is 2.32. The van der Waals surface area contributed by atoms with E-state index in [9.17, 15) is 4.79 Å². The van der Waals surface area contributed by atoms with Gasteiger partial charge in [-0.15, -0.1) is 0 Å². The van der Waals surface area contributed by atoms with Gasteiger partial charge in [0.2, 0.25) is 0 Å². The number of rotatable bonds is 7. The van der Waals surface area contributed by atoms with Gasteiger partial charge >= 0.3 is 6.09 Å². The second-order valence-electron chi connectivity index (χ2n) is 8.00. The third-order valence-corrected chi connectivity index (χ3v) is 4.29. The van der Waals surface area contributed by atoms with Crippen LogP contribution >= 0.6 is 0 Å². The van der Waals surface area contributed by atoms with E-state index in [0.29, 0.717) is 25.1 Å². The van der Waals surface area contributed by atoms with Crippen LogP contribution in [-0.4, -0.2) is 73.3 Å². The minimum atomic E-state index is -0.478. The normalized spacial score (nSPS) is 20.4. The summed E-state index contributed by atoms with van der Waals surface area (Å²) >= 11 is 0. The van der Waals surface area contributed by atoms with Gasteiger partial charge in [0.05, 0.1) is 0 Å². The molecule has 1 aliphatic heterocycles. The molecular weight excluding hydrogens is 318 g/mol. The van der Waals surface area contributed by atoms with Gasteiger partial charge in [-0.3, -0.25) is 9.89 Å². The summed E-state index contributed by atoms with van der Waals surface area (Å²) in [7, 11) is 1.75. The van der Waals surface area contributed by atoms with Crippen LogP contribution in [0.25, 0.3) is 0 Å². The molecular formula is C18H37N5O2. The van der Waals surface area contributed by atoms with Gasteiger partial charge in [0.15, 0.2) is 5.96 Å². The van der Waals surface area contributed by atoms with E-state index < -0.39 is 5.60 Å². The Morgan fingerprint density at radius 1 is 1.48 bits per heavy atom. The first-order valence-electron chi connectivity index (χ1n) is 9.34. The maximum Gasteiger partial charge on any atom is 0.410 e. The molecule has 1 amide bonds. The Bertz CT molecular complexity index is 447. The molecule has 0 aliphatic carbocycles. The predicted octanol–water partition coefficient (Wildman–Crippen LogP) is 1.88. The van der Waals surface area contributed by atoms with Crippen LogP contribution in [0, 0.1) is 5.92 Å². The van der Waals surface area contributed by atoms with E-state index in [1.165, 1.54) is 19.4 Å². The molecule has 3 N–H and O–H groups in total. The fourth-order valence-electron chi connectivity index (χ4n) is 3.01. The average Bonchev–Trinajstić information content (AvgIpc) is 2.96. The molecule has 25 heavy (non-hydrogen) atoms. The van der Waals surface area contributed by atoms with E-state index in [1.54, 1.807) is 11.9 Å². The summed E-state index contributed by atoms with van der Waals surface area (Å²) in [6, 6.07) is 0.550. The first-order chi connectivity index (χ1) is 11.6. The van der Waals surface area contributed by atoms with Gasteiger partial charge < -0.3 is 20.7 Å². The Labute approximate surface area is 153 Å². The van der Waals surface area contributed by atoms with Gasteiger partial charge in [-0.05, 0) is 52.6 Å². The molecule has 0 spiro atoms. The van der Waals surface area contributed by atoms with E-state index in [2.05, 4.69) is 22.1 Å². The number of likely N-dealkylation sites (tertiary alicyclic amines) is 1. The Morgan fingerprint density at radius 3 is 2.76 bits per heavy atom. The highest BCUT2D eigenvalue weighted by Gasteiger charge is 2.23. The number of nitrogens with zero attached hydrogens (tertiary/aromatic N) is 3. The summed E-state index contributed by atoms with van der Waals surface area (Å²) in [6.07, 6.45) is 2.16. The summed E-state index contributed by atoms with van der Waals surface area (Å²) in [6.45, 7) is 14.1. The van der Waals surface area contributed by atoms with E-state index in [0.717, 1.165) is 13.1 Å². The van der Waals surface area contributed by atoms with Crippen LogP contribution in [0.3, 0.4) is 0 Å². The third-order valence-electron chi connectivity index (χ3n) is 4.29. The lowest BCUT2D eigenvalue weighted by Gasteiger charge is -2.26. The molecule has 0 bridgehead atoms. The van der Waals surface area contributed by atoms with E-state index in [1.807, 2.05) is 27.7 Å². The van der Waals surface area contributed by atoms with Crippen molar-refractivity contribution >= 4 is 12.1 Å². The minimum Gasteiger partial charge on any atom is -0.444 e. The molecule has 7 heteroatoms. The predicted molar refractivity (Wildman–Crippen MR) is 103 cm³/mol. The molecule has 1 saturated heterocycles. The smallest absolute Gasteiger partial charge is 0.410 e. The number of aliphatic imine (C=N–C) groups is 1. The van der Waals surface area contributed by atoms with Crippen molar-refractivity contribution in [3.63, 3.8) is 0 Å². The fourth-order valence-corrected chi connectivity index (χ4v) is 3.01. The first-order valence-corrected chi connectivity index (χ1v) is 9.34. The standard InChI is InChI=1S/C18H37N5O2/c1-7-23-10-8-9-15(23)12-21-16(19)20-11-14(2)13-22(6)17(24)25-18(3,4)5/h14-15H,7-13H2,1-6H3,(H3,19,20,21).